The molecule has 0 spiro atoms. The van der Waals surface area contributed by atoms with Crippen LogP contribution in [0.3, 0.4) is 0 Å². The molecule has 1 N–H and O–H groups in total. The van der Waals surface area contributed by atoms with E-state index in [0.29, 0.717) is 5.02 Å². The summed E-state index contributed by atoms with van der Waals surface area (Å²) in [5.41, 5.74) is 0.215. The second kappa shape index (κ2) is 5.27. The molecular formula is C10H11ClO2S. The van der Waals surface area contributed by atoms with Gasteiger partial charge in [-0.25, -0.2) is 4.79 Å². The van der Waals surface area contributed by atoms with Crippen LogP contribution in [0.15, 0.2) is 23.1 Å². The summed E-state index contributed by atoms with van der Waals surface area (Å²) in [7, 11) is 0. The summed E-state index contributed by atoms with van der Waals surface area (Å²) < 4.78 is 0. The van der Waals surface area contributed by atoms with Gasteiger partial charge in [0.15, 0.2) is 0 Å². The highest BCUT2D eigenvalue weighted by molar-refractivity contribution is 7.99. The van der Waals surface area contributed by atoms with E-state index in [1.54, 1.807) is 18.2 Å². The molecule has 0 aliphatic rings. The zero-order valence-corrected chi connectivity index (χ0v) is 9.36. The smallest absolute Gasteiger partial charge is 0.338 e. The molecule has 0 heterocycles. The van der Waals surface area contributed by atoms with Gasteiger partial charge in [0.2, 0.25) is 0 Å². The number of carboxylic acid groups (broad SMARTS) is 1. The molecule has 0 aliphatic heterocycles. The second-order valence-electron chi connectivity index (χ2n) is 2.77. The average molecular weight is 231 g/mol. The fourth-order valence-corrected chi connectivity index (χ4v) is 2.30. The van der Waals surface area contributed by atoms with Crippen LogP contribution in [0.2, 0.25) is 5.02 Å². The van der Waals surface area contributed by atoms with Gasteiger partial charge in [0.1, 0.15) is 0 Å². The van der Waals surface area contributed by atoms with E-state index in [9.17, 15) is 4.79 Å². The van der Waals surface area contributed by atoms with Crippen LogP contribution in [0.4, 0.5) is 0 Å². The lowest BCUT2D eigenvalue weighted by molar-refractivity contribution is 0.0693. The summed E-state index contributed by atoms with van der Waals surface area (Å²) in [6.45, 7) is 2.05. The summed E-state index contributed by atoms with van der Waals surface area (Å²) in [5.74, 6) is -0.0603. The highest BCUT2D eigenvalue weighted by Crippen LogP contribution is 2.28. The molecule has 2 nitrogen and oxygen atoms in total. The zero-order valence-electron chi connectivity index (χ0n) is 7.79. The molecule has 76 valence electrons. The molecule has 0 radical (unpaired) electrons. The molecule has 1 aromatic carbocycles. The molecule has 0 atom stereocenters. The Bertz CT molecular complexity index is 339. The number of aromatic carboxylic acids is 1. The first-order valence-corrected chi connectivity index (χ1v) is 5.67. The first-order valence-electron chi connectivity index (χ1n) is 4.31. The van der Waals surface area contributed by atoms with E-state index in [0.717, 1.165) is 17.1 Å². The van der Waals surface area contributed by atoms with Gasteiger partial charge in [-0.1, -0.05) is 24.6 Å². The van der Waals surface area contributed by atoms with Crippen LogP contribution >= 0.6 is 23.4 Å². The number of halogens is 1. The minimum Gasteiger partial charge on any atom is -0.478 e. The normalized spacial score (nSPS) is 10.1. The van der Waals surface area contributed by atoms with E-state index in [1.165, 1.54) is 11.8 Å². The fraction of sp³-hybridized carbons (Fsp3) is 0.300. The topological polar surface area (TPSA) is 37.3 Å². The third-order valence-electron chi connectivity index (χ3n) is 1.65. The van der Waals surface area contributed by atoms with Gasteiger partial charge in [-0.2, -0.15) is 0 Å². The Kier molecular flexibility index (Phi) is 4.29. The van der Waals surface area contributed by atoms with E-state index in [2.05, 4.69) is 6.92 Å². The Hall–Kier alpha value is -0.670. The van der Waals surface area contributed by atoms with E-state index in [-0.39, 0.29) is 5.56 Å². The Morgan fingerprint density at radius 1 is 1.57 bits per heavy atom. The van der Waals surface area contributed by atoms with Crippen molar-refractivity contribution in [1.29, 1.82) is 0 Å². The fourth-order valence-electron chi connectivity index (χ4n) is 1.04. The molecular weight excluding hydrogens is 220 g/mol. The van der Waals surface area contributed by atoms with E-state index >= 15 is 0 Å². The van der Waals surface area contributed by atoms with Crippen LogP contribution in [-0.2, 0) is 0 Å². The zero-order chi connectivity index (χ0) is 10.6. The molecule has 0 saturated carbocycles. The van der Waals surface area contributed by atoms with Gasteiger partial charge in [-0.15, -0.1) is 11.8 Å². The van der Waals surface area contributed by atoms with Crippen LogP contribution in [0.1, 0.15) is 23.7 Å². The third kappa shape index (κ3) is 2.66. The number of rotatable bonds is 4. The van der Waals surface area contributed by atoms with Crippen molar-refractivity contribution in [2.75, 3.05) is 5.75 Å². The van der Waals surface area contributed by atoms with Crippen LogP contribution in [-0.4, -0.2) is 16.8 Å². The molecule has 0 bridgehead atoms. The molecule has 0 unspecified atom stereocenters. The first-order chi connectivity index (χ1) is 6.66. The Morgan fingerprint density at radius 2 is 2.29 bits per heavy atom. The van der Waals surface area contributed by atoms with Gasteiger partial charge in [0.25, 0.3) is 0 Å². The number of hydrogen-bond donors (Lipinski definition) is 1. The maximum Gasteiger partial charge on any atom is 0.338 e. The molecule has 1 rings (SSSR count). The van der Waals surface area contributed by atoms with Crippen LogP contribution in [0, 0.1) is 0 Å². The van der Waals surface area contributed by atoms with Crippen molar-refractivity contribution in [3.05, 3.63) is 28.8 Å². The molecule has 14 heavy (non-hydrogen) atoms. The number of hydrogen-bond acceptors (Lipinski definition) is 2. The molecule has 0 amide bonds. The molecule has 4 heteroatoms. The molecule has 1 aromatic rings. The molecule has 0 aromatic heterocycles. The molecule has 0 saturated heterocycles. The Morgan fingerprint density at radius 3 is 2.86 bits per heavy atom. The summed E-state index contributed by atoms with van der Waals surface area (Å²) in [5, 5.41) is 9.25. The van der Waals surface area contributed by atoms with Crippen LogP contribution in [0.5, 0.6) is 0 Å². The maximum absolute atomic E-state index is 10.9. The van der Waals surface area contributed by atoms with Crippen LogP contribution in [0.25, 0.3) is 0 Å². The molecule has 0 fully saturated rings. The summed E-state index contributed by atoms with van der Waals surface area (Å²) in [4.78, 5) is 11.7. The van der Waals surface area contributed by atoms with Gasteiger partial charge >= 0.3 is 5.97 Å². The number of carboxylic acids is 1. The number of benzene rings is 1. The monoisotopic (exact) mass is 230 g/mol. The van der Waals surface area contributed by atoms with E-state index < -0.39 is 5.97 Å². The minimum absolute atomic E-state index is 0.215. The van der Waals surface area contributed by atoms with Crippen molar-refractivity contribution in [1.82, 2.24) is 0 Å². The van der Waals surface area contributed by atoms with Crippen molar-refractivity contribution >= 4 is 29.3 Å². The SMILES string of the molecule is CCCSc1cccc(Cl)c1C(=O)O. The van der Waals surface area contributed by atoms with E-state index in [4.69, 9.17) is 16.7 Å². The standard InChI is InChI=1S/C10H11ClO2S/c1-2-6-14-8-5-3-4-7(11)9(8)10(12)13/h3-5H,2,6H2,1H3,(H,12,13). The van der Waals surface area contributed by atoms with Gasteiger partial charge < -0.3 is 5.11 Å². The van der Waals surface area contributed by atoms with Gasteiger partial charge in [0.05, 0.1) is 10.6 Å². The largest absolute Gasteiger partial charge is 0.478 e. The minimum atomic E-state index is -0.964. The van der Waals surface area contributed by atoms with Gasteiger partial charge in [-0.3, -0.25) is 0 Å². The lowest BCUT2D eigenvalue weighted by Gasteiger charge is -2.05. The van der Waals surface area contributed by atoms with Crippen molar-refractivity contribution < 1.29 is 9.90 Å². The summed E-state index contributed by atoms with van der Waals surface area (Å²) in [6, 6.07) is 5.16. The summed E-state index contributed by atoms with van der Waals surface area (Å²) in [6.07, 6.45) is 1.01. The average Bonchev–Trinajstić information content (AvgIpc) is 2.14. The predicted molar refractivity (Wildman–Crippen MR) is 59.4 cm³/mol. The Labute approximate surface area is 92.3 Å². The second-order valence-corrected chi connectivity index (χ2v) is 4.31. The highest BCUT2D eigenvalue weighted by Gasteiger charge is 2.13. The van der Waals surface area contributed by atoms with Gasteiger partial charge in [0, 0.05) is 4.90 Å². The van der Waals surface area contributed by atoms with Crippen molar-refractivity contribution in [3.8, 4) is 0 Å². The maximum atomic E-state index is 10.9. The van der Waals surface area contributed by atoms with Crippen molar-refractivity contribution in [3.63, 3.8) is 0 Å². The first kappa shape index (κ1) is 11.4. The quantitative estimate of drug-likeness (QED) is 0.804. The number of thioether (sulfide) groups is 1. The predicted octanol–water partition coefficient (Wildman–Crippen LogP) is 3.54. The highest BCUT2D eigenvalue weighted by atomic mass is 35.5. The van der Waals surface area contributed by atoms with Crippen molar-refractivity contribution in [2.24, 2.45) is 0 Å². The van der Waals surface area contributed by atoms with Crippen LogP contribution < -0.4 is 0 Å². The molecule has 0 aliphatic carbocycles. The Balaban J connectivity index is 3.02. The number of carbonyl (C=O) groups is 1. The van der Waals surface area contributed by atoms with Crippen molar-refractivity contribution in [2.45, 2.75) is 18.2 Å². The lowest BCUT2D eigenvalue weighted by Crippen LogP contribution is -2.00. The third-order valence-corrected chi connectivity index (χ3v) is 3.23. The van der Waals surface area contributed by atoms with Gasteiger partial charge in [-0.05, 0) is 24.3 Å². The lowest BCUT2D eigenvalue weighted by atomic mass is 10.2. The van der Waals surface area contributed by atoms with E-state index in [1.807, 2.05) is 0 Å². The summed E-state index contributed by atoms with van der Waals surface area (Å²) >= 11 is 7.33.